The Morgan fingerprint density at radius 3 is 2.67 bits per heavy atom. The fraction of sp³-hybridized carbons (Fsp3) is 0.200. The maximum atomic E-state index is 12.9. The molecule has 0 bridgehead atoms. The van der Waals surface area contributed by atoms with E-state index in [-0.39, 0.29) is 5.82 Å². The summed E-state index contributed by atoms with van der Waals surface area (Å²) in [7, 11) is 0. The summed E-state index contributed by atoms with van der Waals surface area (Å²) in [5, 5.41) is 8.90. The van der Waals surface area contributed by atoms with Crippen molar-refractivity contribution in [3.05, 3.63) is 41.7 Å². The summed E-state index contributed by atoms with van der Waals surface area (Å²) in [4.78, 5) is 0. The summed E-state index contributed by atoms with van der Waals surface area (Å²) >= 11 is 0. The van der Waals surface area contributed by atoms with Crippen molar-refractivity contribution in [3.63, 3.8) is 0 Å². The van der Waals surface area contributed by atoms with Crippen molar-refractivity contribution in [2.75, 3.05) is 0 Å². The van der Waals surface area contributed by atoms with Crippen molar-refractivity contribution >= 4 is 6.08 Å². The van der Waals surface area contributed by atoms with Gasteiger partial charge in [-0.15, -0.1) is 0 Å². The molecule has 1 nitrogen and oxygen atoms in total. The minimum Gasteiger partial charge on any atom is -0.389 e. The minimum absolute atomic E-state index is 0.269. The third-order valence-corrected chi connectivity index (χ3v) is 1.46. The highest BCUT2D eigenvalue weighted by atomic mass is 19.1. The van der Waals surface area contributed by atoms with Gasteiger partial charge in [0.05, 0.1) is 6.10 Å². The van der Waals surface area contributed by atoms with E-state index in [1.165, 1.54) is 6.07 Å². The predicted octanol–water partition coefficient (Wildman–Crippen LogP) is 2.22. The number of hydrogen-bond donors (Lipinski definition) is 1. The smallest absolute Gasteiger partial charge is 0.130 e. The highest BCUT2D eigenvalue weighted by Crippen LogP contribution is 2.08. The van der Waals surface area contributed by atoms with Crippen LogP contribution in [-0.4, -0.2) is 11.2 Å². The Hall–Kier alpha value is -1.15. The summed E-state index contributed by atoms with van der Waals surface area (Å²) in [6.07, 6.45) is 2.57. The first-order valence-electron chi connectivity index (χ1n) is 3.81. The van der Waals surface area contributed by atoms with Crippen molar-refractivity contribution in [3.8, 4) is 0 Å². The molecule has 0 aliphatic carbocycles. The molecule has 0 amide bonds. The lowest BCUT2D eigenvalue weighted by Gasteiger charge is -1.96. The van der Waals surface area contributed by atoms with E-state index < -0.39 is 6.10 Å². The summed E-state index contributed by atoms with van der Waals surface area (Å²) in [6, 6.07) is 6.44. The average molecular weight is 166 g/mol. The molecular formula is C10H11FO. The Morgan fingerprint density at radius 2 is 2.08 bits per heavy atom. The van der Waals surface area contributed by atoms with Crippen molar-refractivity contribution in [2.24, 2.45) is 0 Å². The van der Waals surface area contributed by atoms with Crippen LogP contribution in [-0.2, 0) is 0 Å². The molecule has 0 aliphatic heterocycles. The fourth-order valence-electron chi connectivity index (χ4n) is 0.853. The molecule has 1 unspecified atom stereocenters. The van der Waals surface area contributed by atoms with Gasteiger partial charge in [-0.2, -0.15) is 0 Å². The molecule has 0 saturated heterocycles. The third-order valence-electron chi connectivity index (χ3n) is 1.46. The van der Waals surface area contributed by atoms with Crippen LogP contribution < -0.4 is 0 Å². The molecule has 0 aliphatic rings. The maximum absolute atomic E-state index is 12.9. The maximum Gasteiger partial charge on any atom is 0.130 e. The van der Waals surface area contributed by atoms with Crippen LogP contribution in [0.2, 0.25) is 0 Å². The molecule has 64 valence electrons. The molecule has 1 rings (SSSR count). The molecule has 0 heterocycles. The Bertz CT molecular complexity index is 279. The molecule has 0 aromatic heterocycles. The molecule has 0 fully saturated rings. The molecule has 0 spiro atoms. The van der Waals surface area contributed by atoms with E-state index in [9.17, 15) is 4.39 Å². The minimum atomic E-state index is -0.537. The van der Waals surface area contributed by atoms with E-state index >= 15 is 0 Å². The van der Waals surface area contributed by atoms with E-state index in [1.807, 2.05) is 0 Å². The van der Waals surface area contributed by atoms with Gasteiger partial charge >= 0.3 is 0 Å². The molecule has 0 radical (unpaired) electrons. The van der Waals surface area contributed by atoms with E-state index in [1.54, 1.807) is 37.3 Å². The summed E-state index contributed by atoms with van der Waals surface area (Å²) in [5.41, 5.74) is 0.499. The van der Waals surface area contributed by atoms with Gasteiger partial charge in [-0.25, -0.2) is 4.39 Å². The highest BCUT2D eigenvalue weighted by Gasteiger charge is 1.95. The normalized spacial score (nSPS) is 13.6. The molecule has 1 aromatic carbocycles. The highest BCUT2D eigenvalue weighted by molar-refractivity contribution is 5.50. The predicted molar refractivity (Wildman–Crippen MR) is 47.1 cm³/mol. The average Bonchev–Trinajstić information content (AvgIpc) is 2.03. The molecule has 1 N–H and O–H groups in total. The number of aliphatic hydroxyl groups excluding tert-OH is 1. The van der Waals surface area contributed by atoms with Crippen LogP contribution in [0, 0.1) is 5.82 Å². The van der Waals surface area contributed by atoms with Crippen LogP contribution in [0.5, 0.6) is 0 Å². The van der Waals surface area contributed by atoms with Crippen molar-refractivity contribution in [2.45, 2.75) is 13.0 Å². The van der Waals surface area contributed by atoms with Gasteiger partial charge < -0.3 is 5.11 Å². The first kappa shape index (κ1) is 8.94. The van der Waals surface area contributed by atoms with Gasteiger partial charge in [-0.3, -0.25) is 0 Å². The first-order chi connectivity index (χ1) is 5.70. The second kappa shape index (κ2) is 4.02. The van der Waals surface area contributed by atoms with Crippen LogP contribution in [0.25, 0.3) is 6.08 Å². The summed E-state index contributed by atoms with van der Waals surface area (Å²) in [6.45, 7) is 1.62. The molecule has 12 heavy (non-hydrogen) atoms. The lowest BCUT2D eigenvalue weighted by atomic mass is 10.2. The van der Waals surface area contributed by atoms with Gasteiger partial charge in [0.2, 0.25) is 0 Å². The first-order valence-corrected chi connectivity index (χ1v) is 3.81. The van der Waals surface area contributed by atoms with E-state index in [2.05, 4.69) is 0 Å². The lowest BCUT2D eigenvalue weighted by Crippen LogP contribution is -1.91. The van der Waals surface area contributed by atoms with Crippen molar-refractivity contribution in [1.82, 2.24) is 0 Å². The third kappa shape index (κ3) is 2.47. The Labute approximate surface area is 71.2 Å². The zero-order valence-corrected chi connectivity index (χ0v) is 6.87. The monoisotopic (exact) mass is 166 g/mol. The van der Waals surface area contributed by atoms with E-state index in [0.29, 0.717) is 5.56 Å². The topological polar surface area (TPSA) is 20.2 Å². The molecule has 1 aromatic rings. The Kier molecular flexibility index (Phi) is 3.00. The zero-order chi connectivity index (χ0) is 8.97. The van der Waals surface area contributed by atoms with Gasteiger partial charge in [0.1, 0.15) is 5.82 Å². The molecule has 2 heteroatoms. The number of halogens is 1. The SMILES string of the molecule is CC(O)C=Cc1ccccc1F. The lowest BCUT2D eigenvalue weighted by molar-refractivity contribution is 0.245. The van der Waals surface area contributed by atoms with Gasteiger partial charge in [-0.1, -0.05) is 30.4 Å². The standard InChI is InChI=1S/C10H11FO/c1-8(12)6-7-9-4-2-3-5-10(9)11/h2-8,12H,1H3. The van der Waals surface area contributed by atoms with Crippen molar-refractivity contribution in [1.29, 1.82) is 0 Å². The summed E-state index contributed by atoms with van der Waals surface area (Å²) < 4.78 is 12.9. The zero-order valence-electron chi connectivity index (χ0n) is 6.87. The second-order valence-corrected chi connectivity index (χ2v) is 2.62. The second-order valence-electron chi connectivity index (χ2n) is 2.62. The molecule has 1 atom stereocenters. The van der Waals surface area contributed by atoms with Gasteiger partial charge in [-0.05, 0) is 13.0 Å². The van der Waals surface area contributed by atoms with Crippen LogP contribution >= 0.6 is 0 Å². The number of hydrogen-bond acceptors (Lipinski definition) is 1. The number of benzene rings is 1. The molecule has 0 saturated carbocycles. The largest absolute Gasteiger partial charge is 0.389 e. The van der Waals surface area contributed by atoms with Crippen LogP contribution in [0.3, 0.4) is 0 Å². The van der Waals surface area contributed by atoms with Crippen LogP contribution in [0.1, 0.15) is 12.5 Å². The quantitative estimate of drug-likeness (QED) is 0.714. The van der Waals surface area contributed by atoms with Crippen LogP contribution in [0.4, 0.5) is 4.39 Å². The van der Waals surface area contributed by atoms with Gasteiger partial charge in [0.15, 0.2) is 0 Å². The van der Waals surface area contributed by atoms with Crippen LogP contribution in [0.15, 0.2) is 30.3 Å². The van der Waals surface area contributed by atoms with Gasteiger partial charge in [0.25, 0.3) is 0 Å². The van der Waals surface area contributed by atoms with E-state index in [0.717, 1.165) is 0 Å². The van der Waals surface area contributed by atoms with E-state index in [4.69, 9.17) is 5.11 Å². The fourth-order valence-corrected chi connectivity index (χ4v) is 0.853. The Morgan fingerprint density at radius 1 is 1.42 bits per heavy atom. The van der Waals surface area contributed by atoms with Crippen molar-refractivity contribution < 1.29 is 9.50 Å². The summed E-state index contributed by atoms with van der Waals surface area (Å²) in [5.74, 6) is -0.269. The number of aliphatic hydroxyl groups is 1. The molecular weight excluding hydrogens is 155 g/mol. The number of rotatable bonds is 2. The van der Waals surface area contributed by atoms with Gasteiger partial charge in [0, 0.05) is 5.56 Å². The Balaban J connectivity index is 2.82.